The number of nitrogens with zero attached hydrogens (tertiary/aromatic N) is 5. The third-order valence-corrected chi connectivity index (χ3v) is 9.18. The highest BCUT2D eigenvalue weighted by atomic mass is 35.5. The fourth-order valence-electron chi connectivity index (χ4n) is 6.78. The molecule has 2 aromatic heterocycles. The predicted molar refractivity (Wildman–Crippen MR) is 155 cm³/mol. The van der Waals surface area contributed by atoms with Gasteiger partial charge in [-0.1, -0.05) is 23.7 Å². The molecule has 1 unspecified atom stereocenters. The molecule has 2 fully saturated rings. The van der Waals surface area contributed by atoms with Crippen molar-refractivity contribution in [3.05, 3.63) is 76.5 Å². The SMILES string of the molecule is COC(=O)c1ccc2nc3n(c2n1)C([C@@H]1CCO1)[C@H]1CN(c2cccc4c2O[C@@H](c2ccc(Cl)cc2F)CO4)CCN1C3. The van der Waals surface area contributed by atoms with Crippen LogP contribution in [-0.4, -0.2) is 77.5 Å². The minimum absolute atomic E-state index is 0.00554. The summed E-state index contributed by atoms with van der Waals surface area (Å²) in [4.78, 5) is 26.7. The first-order valence-corrected chi connectivity index (χ1v) is 14.8. The molecule has 4 aliphatic heterocycles. The fraction of sp³-hybridized carbons (Fsp3) is 0.387. The number of fused-ring (bicyclic) bond motifs is 5. The average molecular weight is 606 g/mol. The van der Waals surface area contributed by atoms with Crippen molar-refractivity contribution in [2.24, 2.45) is 0 Å². The van der Waals surface area contributed by atoms with Crippen molar-refractivity contribution < 1.29 is 28.1 Å². The lowest BCUT2D eigenvalue weighted by Gasteiger charge is -2.52. The van der Waals surface area contributed by atoms with Gasteiger partial charge in [-0.25, -0.2) is 19.2 Å². The van der Waals surface area contributed by atoms with Gasteiger partial charge in [0.1, 0.15) is 23.8 Å². The molecule has 4 atom stereocenters. The molecule has 6 heterocycles. The Balaban J connectivity index is 1.14. The summed E-state index contributed by atoms with van der Waals surface area (Å²) < 4.78 is 40.6. The molecule has 4 aliphatic rings. The van der Waals surface area contributed by atoms with E-state index in [0.717, 1.165) is 36.5 Å². The zero-order valence-electron chi connectivity index (χ0n) is 23.4. The number of halogens is 2. The summed E-state index contributed by atoms with van der Waals surface area (Å²) in [7, 11) is 1.35. The number of aromatic nitrogens is 3. The van der Waals surface area contributed by atoms with Crippen LogP contribution in [0.25, 0.3) is 11.2 Å². The maximum Gasteiger partial charge on any atom is 0.356 e. The summed E-state index contributed by atoms with van der Waals surface area (Å²) in [6.45, 7) is 3.83. The largest absolute Gasteiger partial charge is 0.485 e. The van der Waals surface area contributed by atoms with E-state index in [4.69, 9.17) is 40.5 Å². The van der Waals surface area contributed by atoms with Gasteiger partial charge in [-0.3, -0.25) is 4.90 Å². The molecular formula is C31H29ClFN5O5. The highest BCUT2D eigenvalue weighted by Gasteiger charge is 2.47. The lowest BCUT2D eigenvalue weighted by molar-refractivity contribution is -0.107. The van der Waals surface area contributed by atoms with Gasteiger partial charge < -0.3 is 28.4 Å². The van der Waals surface area contributed by atoms with Gasteiger partial charge in [0.2, 0.25) is 0 Å². The number of para-hydroxylation sites is 1. The van der Waals surface area contributed by atoms with Crippen LogP contribution in [0.1, 0.15) is 40.4 Å². The fourth-order valence-corrected chi connectivity index (χ4v) is 6.94. The summed E-state index contributed by atoms with van der Waals surface area (Å²) in [5.41, 5.74) is 2.96. The number of hydrogen-bond donors (Lipinski definition) is 0. The smallest absolute Gasteiger partial charge is 0.356 e. The number of rotatable bonds is 4. The van der Waals surface area contributed by atoms with E-state index < -0.39 is 17.9 Å². The van der Waals surface area contributed by atoms with Crippen molar-refractivity contribution in [2.75, 3.05) is 44.9 Å². The van der Waals surface area contributed by atoms with Crippen molar-refractivity contribution in [3.63, 3.8) is 0 Å². The standard InChI is InChI=1S/C31H29ClFN5O5/c1-40-31(39)21-8-7-20-30(35-21)38-27(34-20)15-37-11-10-36(14-23(37)28(38)24-9-12-41-24)22-3-2-4-25-29(22)43-26(16-42-25)18-6-5-17(32)13-19(18)33/h2-8,13,23-24,26,28H,9-12,14-16H2,1H3/t23-,24+,26-,28?/m1/s1. The van der Waals surface area contributed by atoms with E-state index in [1.807, 2.05) is 24.3 Å². The van der Waals surface area contributed by atoms with Crippen LogP contribution >= 0.6 is 11.6 Å². The third kappa shape index (κ3) is 4.40. The van der Waals surface area contributed by atoms with E-state index in [0.29, 0.717) is 47.4 Å². The zero-order valence-corrected chi connectivity index (χ0v) is 24.2. The highest BCUT2D eigenvalue weighted by Crippen LogP contribution is 2.46. The summed E-state index contributed by atoms with van der Waals surface area (Å²) in [5, 5.41) is 0.333. The lowest BCUT2D eigenvalue weighted by Crippen LogP contribution is -2.61. The van der Waals surface area contributed by atoms with Gasteiger partial charge >= 0.3 is 5.97 Å². The summed E-state index contributed by atoms with van der Waals surface area (Å²) in [6.07, 6.45) is 0.318. The van der Waals surface area contributed by atoms with E-state index >= 15 is 0 Å². The molecule has 0 N–H and O–H groups in total. The zero-order chi connectivity index (χ0) is 29.2. The third-order valence-electron chi connectivity index (χ3n) is 8.95. The van der Waals surface area contributed by atoms with E-state index in [2.05, 4.69) is 14.4 Å². The summed E-state index contributed by atoms with van der Waals surface area (Å²) >= 11 is 5.99. The number of methoxy groups -OCH3 is 1. The monoisotopic (exact) mass is 605 g/mol. The molecular weight excluding hydrogens is 577 g/mol. The molecule has 0 amide bonds. The number of imidazole rings is 1. The number of anilines is 1. The van der Waals surface area contributed by atoms with Crippen molar-refractivity contribution >= 4 is 34.4 Å². The van der Waals surface area contributed by atoms with Gasteiger partial charge in [0, 0.05) is 36.8 Å². The van der Waals surface area contributed by atoms with Crippen LogP contribution in [0.2, 0.25) is 5.02 Å². The molecule has 4 aromatic rings. The van der Waals surface area contributed by atoms with Crippen LogP contribution in [0.15, 0.2) is 48.5 Å². The van der Waals surface area contributed by atoms with Crippen LogP contribution in [0.3, 0.4) is 0 Å². The maximum atomic E-state index is 14.8. The van der Waals surface area contributed by atoms with Crippen molar-refractivity contribution in [1.29, 1.82) is 0 Å². The molecule has 8 rings (SSSR count). The Bertz CT molecular complexity index is 1750. The summed E-state index contributed by atoms with van der Waals surface area (Å²) in [5.74, 6) is 1.25. The Hall–Kier alpha value is -3.93. The van der Waals surface area contributed by atoms with Gasteiger partial charge in [-0.15, -0.1) is 0 Å². The number of ether oxygens (including phenoxy) is 4. The average Bonchev–Trinajstić information content (AvgIpc) is 3.36. The number of piperazine rings is 1. The van der Waals surface area contributed by atoms with Crippen molar-refractivity contribution in [3.8, 4) is 11.5 Å². The first-order chi connectivity index (χ1) is 21.0. The normalized spacial score (nSPS) is 24.7. The van der Waals surface area contributed by atoms with Crippen LogP contribution in [0, 0.1) is 5.82 Å². The van der Waals surface area contributed by atoms with Gasteiger partial charge in [-0.2, -0.15) is 0 Å². The number of carbonyl (C=O) groups is 1. The molecule has 0 aliphatic carbocycles. The van der Waals surface area contributed by atoms with Crippen LogP contribution in [0.5, 0.6) is 11.5 Å². The second-order valence-corrected chi connectivity index (χ2v) is 11.7. The first-order valence-electron chi connectivity index (χ1n) is 14.4. The van der Waals surface area contributed by atoms with Crippen LogP contribution < -0.4 is 14.4 Å². The molecule has 2 aromatic carbocycles. The quantitative estimate of drug-likeness (QED) is 0.311. The molecule has 0 spiro atoms. The number of carbonyl (C=O) groups excluding carboxylic acids is 1. The number of pyridine rings is 1. The molecule has 0 saturated carbocycles. The Kier molecular flexibility index (Phi) is 6.43. The van der Waals surface area contributed by atoms with Gasteiger partial charge in [-0.05, 0) is 42.8 Å². The first kappa shape index (κ1) is 26.7. The Morgan fingerprint density at radius 1 is 1.14 bits per heavy atom. The predicted octanol–water partition coefficient (Wildman–Crippen LogP) is 4.56. The number of hydrogen-bond acceptors (Lipinski definition) is 9. The summed E-state index contributed by atoms with van der Waals surface area (Å²) in [6, 6.07) is 14.0. The highest BCUT2D eigenvalue weighted by molar-refractivity contribution is 6.30. The second kappa shape index (κ2) is 10.4. The lowest BCUT2D eigenvalue weighted by atomic mass is 9.91. The van der Waals surface area contributed by atoms with E-state index in [-0.39, 0.29) is 30.5 Å². The van der Waals surface area contributed by atoms with Crippen LogP contribution in [-0.2, 0) is 16.0 Å². The van der Waals surface area contributed by atoms with Gasteiger partial charge in [0.15, 0.2) is 28.9 Å². The Labute approximate surface area is 251 Å². The number of esters is 1. The van der Waals surface area contributed by atoms with Gasteiger partial charge in [0.05, 0.1) is 37.5 Å². The van der Waals surface area contributed by atoms with E-state index in [1.165, 1.54) is 13.2 Å². The Morgan fingerprint density at radius 2 is 2.02 bits per heavy atom. The maximum absolute atomic E-state index is 14.8. The minimum Gasteiger partial charge on any atom is -0.485 e. The molecule has 10 nitrogen and oxygen atoms in total. The van der Waals surface area contributed by atoms with Crippen LogP contribution in [0.4, 0.5) is 10.1 Å². The van der Waals surface area contributed by atoms with Gasteiger partial charge in [0.25, 0.3) is 0 Å². The molecule has 0 radical (unpaired) electrons. The minimum atomic E-state index is -0.604. The molecule has 0 bridgehead atoms. The molecule has 2 saturated heterocycles. The topological polar surface area (TPSA) is 91.2 Å². The van der Waals surface area contributed by atoms with Crippen molar-refractivity contribution in [2.45, 2.75) is 37.3 Å². The van der Waals surface area contributed by atoms with E-state index in [1.54, 1.807) is 18.2 Å². The second-order valence-electron chi connectivity index (χ2n) is 11.3. The number of benzene rings is 2. The van der Waals surface area contributed by atoms with E-state index in [9.17, 15) is 9.18 Å². The Morgan fingerprint density at radius 3 is 2.81 bits per heavy atom. The molecule has 12 heteroatoms. The molecule has 222 valence electrons. The molecule has 43 heavy (non-hydrogen) atoms. The van der Waals surface area contributed by atoms with Crippen molar-refractivity contribution in [1.82, 2.24) is 19.4 Å².